The molecule has 1 amide bonds. The number of hydrogen-bond donors (Lipinski definition) is 0. The third kappa shape index (κ3) is 4.18. The predicted octanol–water partition coefficient (Wildman–Crippen LogP) is 3.35. The first-order valence-electron chi connectivity index (χ1n) is 8.82. The molecular formula is C20H19ClN4O2. The Kier molecular flexibility index (Phi) is 5.18. The van der Waals surface area contributed by atoms with Gasteiger partial charge < -0.3 is 9.32 Å². The van der Waals surface area contributed by atoms with Crippen molar-refractivity contribution in [2.75, 3.05) is 26.2 Å². The summed E-state index contributed by atoms with van der Waals surface area (Å²) in [4.78, 5) is 17.0. The maximum Gasteiger partial charge on any atom is 0.253 e. The van der Waals surface area contributed by atoms with Crippen LogP contribution in [-0.2, 0) is 6.54 Å². The maximum atomic E-state index is 12.7. The first kappa shape index (κ1) is 17.7. The highest BCUT2D eigenvalue weighted by atomic mass is 35.5. The number of amides is 1. The van der Waals surface area contributed by atoms with Gasteiger partial charge >= 0.3 is 0 Å². The van der Waals surface area contributed by atoms with Crippen LogP contribution in [0.1, 0.15) is 15.9 Å². The molecule has 0 aliphatic carbocycles. The average Bonchev–Trinajstić information content (AvgIpc) is 3.23. The van der Waals surface area contributed by atoms with Crippen LogP contribution in [0, 0.1) is 0 Å². The summed E-state index contributed by atoms with van der Waals surface area (Å²) in [5.41, 5.74) is 2.66. The minimum absolute atomic E-state index is 0.0504. The van der Waals surface area contributed by atoms with E-state index in [1.54, 1.807) is 12.1 Å². The second-order valence-electron chi connectivity index (χ2n) is 6.52. The number of piperazine rings is 1. The Labute approximate surface area is 162 Å². The molecule has 1 saturated heterocycles. The van der Waals surface area contributed by atoms with Gasteiger partial charge in [0.15, 0.2) is 0 Å². The second-order valence-corrected chi connectivity index (χ2v) is 6.96. The van der Waals surface area contributed by atoms with Crippen LogP contribution < -0.4 is 0 Å². The van der Waals surface area contributed by atoms with Crippen molar-refractivity contribution < 1.29 is 9.21 Å². The molecule has 27 heavy (non-hydrogen) atoms. The molecule has 0 bridgehead atoms. The van der Waals surface area contributed by atoms with Gasteiger partial charge in [-0.15, -0.1) is 10.2 Å². The van der Waals surface area contributed by atoms with Crippen LogP contribution in [0.3, 0.4) is 0 Å². The summed E-state index contributed by atoms with van der Waals surface area (Å²) in [6.45, 7) is 3.97. The van der Waals surface area contributed by atoms with Crippen molar-refractivity contribution in [1.29, 1.82) is 0 Å². The lowest BCUT2D eigenvalue weighted by Crippen LogP contribution is -2.48. The third-order valence-electron chi connectivity index (χ3n) is 4.69. The van der Waals surface area contributed by atoms with Crippen LogP contribution in [-0.4, -0.2) is 52.1 Å². The number of carbonyl (C=O) groups excluding carboxylic acids is 1. The molecule has 1 aromatic heterocycles. The Bertz CT molecular complexity index is 904. The van der Waals surface area contributed by atoms with E-state index in [0.717, 1.165) is 30.2 Å². The lowest BCUT2D eigenvalue weighted by Gasteiger charge is -2.34. The SMILES string of the molecule is O=C(c1ccc(-c2nnco2)cc1)N1CCN(Cc2cccc(Cl)c2)CC1. The number of carbonyl (C=O) groups is 1. The Morgan fingerprint density at radius 1 is 1.07 bits per heavy atom. The Balaban J connectivity index is 1.34. The monoisotopic (exact) mass is 382 g/mol. The number of aromatic nitrogens is 2. The zero-order valence-corrected chi connectivity index (χ0v) is 15.5. The highest BCUT2D eigenvalue weighted by Crippen LogP contribution is 2.19. The smallest absolute Gasteiger partial charge is 0.253 e. The summed E-state index contributed by atoms with van der Waals surface area (Å²) in [7, 11) is 0. The van der Waals surface area contributed by atoms with E-state index >= 15 is 0 Å². The van der Waals surface area contributed by atoms with Crippen LogP contribution in [0.2, 0.25) is 5.02 Å². The Hall–Kier alpha value is -2.70. The lowest BCUT2D eigenvalue weighted by atomic mass is 10.1. The van der Waals surface area contributed by atoms with E-state index in [1.807, 2.05) is 35.2 Å². The summed E-state index contributed by atoms with van der Waals surface area (Å²) in [5.74, 6) is 0.498. The normalized spacial score (nSPS) is 15.1. The molecule has 2 aromatic carbocycles. The molecule has 7 heteroatoms. The van der Waals surface area contributed by atoms with E-state index < -0.39 is 0 Å². The average molecular weight is 383 g/mol. The molecule has 1 aliphatic heterocycles. The minimum atomic E-state index is 0.0504. The first-order chi connectivity index (χ1) is 13.2. The minimum Gasteiger partial charge on any atom is -0.423 e. The van der Waals surface area contributed by atoms with E-state index in [4.69, 9.17) is 16.0 Å². The summed E-state index contributed by atoms with van der Waals surface area (Å²) >= 11 is 6.05. The van der Waals surface area contributed by atoms with Gasteiger partial charge in [0.25, 0.3) is 5.91 Å². The van der Waals surface area contributed by atoms with Crippen molar-refractivity contribution in [3.63, 3.8) is 0 Å². The van der Waals surface area contributed by atoms with E-state index in [1.165, 1.54) is 12.0 Å². The second kappa shape index (κ2) is 7.90. The van der Waals surface area contributed by atoms with Gasteiger partial charge in [0, 0.05) is 48.9 Å². The van der Waals surface area contributed by atoms with Gasteiger partial charge in [-0.3, -0.25) is 9.69 Å². The van der Waals surface area contributed by atoms with Gasteiger partial charge in [-0.2, -0.15) is 0 Å². The zero-order valence-electron chi connectivity index (χ0n) is 14.7. The van der Waals surface area contributed by atoms with Crippen molar-refractivity contribution in [3.05, 3.63) is 71.1 Å². The van der Waals surface area contributed by atoms with Gasteiger partial charge in [0.2, 0.25) is 12.3 Å². The molecule has 3 aromatic rings. The van der Waals surface area contributed by atoms with Gasteiger partial charge in [-0.25, -0.2) is 0 Å². The molecule has 1 fully saturated rings. The Morgan fingerprint density at radius 3 is 2.52 bits per heavy atom. The van der Waals surface area contributed by atoms with Crippen molar-refractivity contribution >= 4 is 17.5 Å². The standard InChI is InChI=1S/C20H19ClN4O2/c21-18-3-1-2-15(12-18)13-24-8-10-25(11-9-24)20(26)17-6-4-16(5-7-17)19-23-22-14-27-19/h1-7,12,14H,8-11,13H2. The number of benzene rings is 2. The highest BCUT2D eigenvalue weighted by Gasteiger charge is 2.22. The molecular weight excluding hydrogens is 364 g/mol. The fraction of sp³-hybridized carbons (Fsp3) is 0.250. The molecule has 0 saturated carbocycles. The summed E-state index contributed by atoms with van der Waals surface area (Å²) in [6, 6.07) is 15.2. The molecule has 0 spiro atoms. The number of nitrogens with zero attached hydrogens (tertiary/aromatic N) is 4. The van der Waals surface area contributed by atoms with Crippen LogP contribution >= 0.6 is 11.6 Å². The van der Waals surface area contributed by atoms with Gasteiger partial charge in [-0.1, -0.05) is 23.7 Å². The quantitative estimate of drug-likeness (QED) is 0.692. The van der Waals surface area contributed by atoms with Gasteiger partial charge in [-0.05, 0) is 42.0 Å². The molecule has 0 atom stereocenters. The third-order valence-corrected chi connectivity index (χ3v) is 4.93. The zero-order chi connectivity index (χ0) is 18.6. The van der Waals surface area contributed by atoms with Gasteiger partial charge in [0.05, 0.1) is 0 Å². The predicted molar refractivity (Wildman–Crippen MR) is 102 cm³/mol. The Morgan fingerprint density at radius 2 is 1.85 bits per heavy atom. The topological polar surface area (TPSA) is 62.5 Å². The molecule has 0 radical (unpaired) electrons. The van der Waals surface area contributed by atoms with E-state index in [0.29, 0.717) is 24.5 Å². The fourth-order valence-corrected chi connectivity index (χ4v) is 3.45. The first-order valence-corrected chi connectivity index (χ1v) is 9.19. The van der Waals surface area contributed by atoms with Crippen molar-refractivity contribution in [3.8, 4) is 11.5 Å². The molecule has 138 valence electrons. The molecule has 1 aliphatic rings. The summed E-state index contributed by atoms with van der Waals surface area (Å²) < 4.78 is 5.17. The van der Waals surface area contributed by atoms with Crippen LogP contribution in [0.25, 0.3) is 11.5 Å². The fourth-order valence-electron chi connectivity index (χ4n) is 3.24. The highest BCUT2D eigenvalue weighted by molar-refractivity contribution is 6.30. The molecule has 6 nitrogen and oxygen atoms in total. The van der Waals surface area contributed by atoms with E-state index in [2.05, 4.69) is 21.2 Å². The molecule has 2 heterocycles. The summed E-state index contributed by atoms with van der Waals surface area (Å²) in [5, 5.41) is 8.30. The van der Waals surface area contributed by atoms with Crippen LogP contribution in [0.5, 0.6) is 0 Å². The van der Waals surface area contributed by atoms with Crippen LogP contribution in [0.4, 0.5) is 0 Å². The van der Waals surface area contributed by atoms with Crippen LogP contribution in [0.15, 0.2) is 59.3 Å². The number of hydrogen-bond acceptors (Lipinski definition) is 5. The largest absolute Gasteiger partial charge is 0.423 e. The molecule has 4 rings (SSSR count). The van der Waals surface area contributed by atoms with E-state index in [-0.39, 0.29) is 5.91 Å². The number of halogens is 1. The lowest BCUT2D eigenvalue weighted by molar-refractivity contribution is 0.0628. The summed E-state index contributed by atoms with van der Waals surface area (Å²) in [6.07, 6.45) is 1.29. The van der Waals surface area contributed by atoms with Crippen molar-refractivity contribution in [1.82, 2.24) is 20.0 Å². The maximum absolute atomic E-state index is 12.7. The van der Waals surface area contributed by atoms with Crippen molar-refractivity contribution in [2.24, 2.45) is 0 Å². The molecule has 0 unspecified atom stereocenters. The number of rotatable bonds is 4. The van der Waals surface area contributed by atoms with Crippen molar-refractivity contribution in [2.45, 2.75) is 6.54 Å². The molecule has 0 N–H and O–H groups in total. The van der Waals surface area contributed by atoms with E-state index in [9.17, 15) is 4.79 Å². The van der Waals surface area contributed by atoms with Gasteiger partial charge in [0.1, 0.15) is 0 Å².